The molecule has 0 saturated carbocycles. The molecule has 1 aromatic rings. The fourth-order valence-electron chi connectivity index (χ4n) is 2.44. The van der Waals surface area contributed by atoms with Crippen molar-refractivity contribution >= 4 is 8.32 Å². The summed E-state index contributed by atoms with van der Waals surface area (Å²) in [5.41, 5.74) is 1.05. The van der Waals surface area contributed by atoms with Crippen LogP contribution in [-0.4, -0.2) is 42.4 Å². The highest BCUT2D eigenvalue weighted by Gasteiger charge is 2.36. The maximum atomic E-state index is 6.17. The van der Waals surface area contributed by atoms with Crippen LogP contribution in [0.25, 0.3) is 0 Å². The van der Waals surface area contributed by atoms with E-state index in [-0.39, 0.29) is 17.2 Å². The van der Waals surface area contributed by atoms with E-state index in [1.807, 2.05) is 24.3 Å². The summed E-state index contributed by atoms with van der Waals surface area (Å²) in [6, 6.07) is 7.92. The topological polar surface area (TPSA) is 36.9 Å². The lowest BCUT2D eigenvalue weighted by atomic mass is 10.0. The second-order valence-electron chi connectivity index (χ2n) is 7.99. The molecule has 0 radical (unpaired) electrons. The third-order valence-corrected chi connectivity index (χ3v) is 9.70. The first-order valence-electron chi connectivity index (χ1n) is 9.14. The molecule has 1 aromatic carbocycles. The zero-order valence-corrected chi connectivity index (χ0v) is 18.7. The molecule has 5 heteroatoms. The van der Waals surface area contributed by atoms with Gasteiger partial charge in [0.25, 0.3) is 0 Å². The average Bonchev–Trinajstić information content (AvgIpc) is 2.59. The van der Waals surface area contributed by atoms with E-state index in [0.29, 0.717) is 6.61 Å². The second-order valence-corrected chi connectivity index (χ2v) is 12.8. The van der Waals surface area contributed by atoms with Crippen molar-refractivity contribution in [2.24, 2.45) is 0 Å². The maximum Gasteiger partial charge on any atom is 0.192 e. The molecule has 0 aliphatic carbocycles. The van der Waals surface area contributed by atoms with E-state index in [1.54, 1.807) is 21.3 Å². The molecule has 0 spiro atoms. The molecule has 2 atom stereocenters. The number of ether oxygens (including phenoxy) is 3. The average molecular weight is 381 g/mol. The molecule has 0 N–H and O–H groups in total. The van der Waals surface area contributed by atoms with Crippen LogP contribution in [-0.2, 0) is 13.9 Å². The van der Waals surface area contributed by atoms with Crippen LogP contribution in [0, 0.1) is 0 Å². The van der Waals surface area contributed by atoms with E-state index in [4.69, 9.17) is 18.6 Å². The lowest BCUT2D eigenvalue weighted by molar-refractivity contribution is -0.0359. The Morgan fingerprint density at radius 3 is 2.27 bits per heavy atom. The number of hydrogen-bond donors (Lipinski definition) is 0. The molecule has 0 amide bonds. The van der Waals surface area contributed by atoms with Crippen molar-refractivity contribution in [2.75, 3.05) is 27.9 Å². The van der Waals surface area contributed by atoms with Crippen LogP contribution < -0.4 is 4.74 Å². The smallest absolute Gasteiger partial charge is 0.192 e. The molecule has 0 unspecified atom stereocenters. The SMILES string of the molecule is COc1cccc([C@@H](OC)[C@@H](C/C=C/CO[Si](C)(C)C(C)(C)C)OC)c1. The van der Waals surface area contributed by atoms with Gasteiger partial charge in [0, 0.05) is 14.2 Å². The molecule has 0 aliphatic heterocycles. The Bertz CT molecular complexity index is 563. The van der Waals surface area contributed by atoms with Gasteiger partial charge in [0.05, 0.1) is 19.8 Å². The number of methoxy groups -OCH3 is 3. The van der Waals surface area contributed by atoms with Crippen LogP contribution in [0.4, 0.5) is 0 Å². The summed E-state index contributed by atoms with van der Waals surface area (Å²) in [6.07, 6.45) is 4.74. The monoisotopic (exact) mass is 380 g/mol. The van der Waals surface area contributed by atoms with Crippen LogP contribution in [0.5, 0.6) is 5.75 Å². The quantitative estimate of drug-likeness (QED) is 0.404. The van der Waals surface area contributed by atoms with Gasteiger partial charge in [-0.05, 0) is 42.2 Å². The van der Waals surface area contributed by atoms with Crippen molar-refractivity contribution in [1.82, 2.24) is 0 Å². The highest BCUT2D eigenvalue weighted by Crippen LogP contribution is 2.36. The maximum absolute atomic E-state index is 6.17. The minimum atomic E-state index is -1.70. The number of hydrogen-bond acceptors (Lipinski definition) is 4. The third kappa shape index (κ3) is 6.54. The first-order valence-corrected chi connectivity index (χ1v) is 12.1. The van der Waals surface area contributed by atoms with Crippen molar-refractivity contribution < 1.29 is 18.6 Å². The Labute approximate surface area is 160 Å². The van der Waals surface area contributed by atoms with Crippen LogP contribution in [0.2, 0.25) is 18.1 Å². The molecule has 148 valence electrons. The Hall–Kier alpha value is -1.14. The molecular formula is C21H36O4Si. The van der Waals surface area contributed by atoms with Gasteiger partial charge in [-0.1, -0.05) is 45.1 Å². The van der Waals surface area contributed by atoms with E-state index in [2.05, 4.69) is 46.0 Å². The van der Waals surface area contributed by atoms with Crippen LogP contribution >= 0.6 is 0 Å². The predicted molar refractivity (Wildman–Crippen MR) is 110 cm³/mol. The fourth-order valence-corrected chi connectivity index (χ4v) is 3.38. The zero-order valence-electron chi connectivity index (χ0n) is 17.7. The molecule has 4 nitrogen and oxygen atoms in total. The minimum absolute atomic E-state index is 0.0729. The summed E-state index contributed by atoms with van der Waals surface area (Å²) in [5, 5.41) is 0.226. The van der Waals surface area contributed by atoms with Gasteiger partial charge in [-0.3, -0.25) is 0 Å². The Morgan fingerprint density at radius 2 is 1.73 bits per heavy atom. The lowest BCUT2D eigenvalue weighted by Gasteiger charge is -2.35. The number of rotatable bonds is 10. The summed E-state index contributed by atoms with van der Waals surface area (Å²) < 4.78 is 22.9. The summed E-state index contributed by atoms with van der Waals surface area (Å²) >= 11 is 0. The normalized spacial score (nSPS) is 15.2. The van der Waals surface area contributed by atoms with Gasteiger partial charge in [-0.2, -0.15) is 0 Å². The van der Waals surface area contributed by atoms with Crippen LogP contribution in [0.3, 0.4) is 0 Å². The van der Waals surface area contributed by atoms with Crippen molar-refractivity contribution in [3.8, 4) is 5.75 Å². The van der Waals surface area contributed by atoms with Crippen LogP contribution in [0.15, 0.2) is 36.4 Å². The largest absolute Gasteiger partial charge is 0.497 e. The van der Waals surface area contributed by atoms with E-state index < -0.39 is 8.32 Å². The first-order chi connectivity index (χ1) is 12.2. The van der Waals surface area contributed by atoms with E-state index in [9.17, 15) is 0 Å². The highest BCUT2D eigenvalue weighted by atomic mass is 28.4. The van der Waals surface area contributed by atoms with Gasteiger partial charge in [0.2, 0.25) is 0 Å². The van der Waals surface area contributed by atoms with E-state index in [0.717, 1.165) is 17.7 Å². The molecule has 0 heterocycles. The number of benzene rings is 1. The van der Waals surface area contributed by atoms with Crippen LogP contribution in [0.1, 0.15) is 38.9 Å². The Balaban J connectivity index is 2.67. The zero-order chi connectivity index (χ0) is 19.8. The first kappa shape index (κ1) is 22.9. The van der Waals surface area contributed by atoms with Gasteiger partial charge in [0.1, 0.15) is 11.9 Å². The van der Waals surface area contributed by atoms with Crippen molar-refractivity contribution in [3.05, 3.63) is 42.0 Å². The standard InChI is InChI=1S/C21H36O4Si/c1-21(2,3)26(7,8)25-15-10-9-14-19(23-5)20(24-6)17-12-11-13-18(16-17)22-4/h9-13,16,19-20H,14-15H2,1-8H3/b10-9+/t19-,20-/m1/s1. The van der Waals surface area contributed by atoms with Crippen molar-refractivity contribution in [1.29, 1.82) is 0 Å². The molecule has 0 fully saturated rings. The lowest BCUT2D eigenvalue weighted by Crippen LogP contribution is -2.40. The van der Waals surface area contributed by atoms with E-state index in [1.165, 1.54) is 0 Å². The van der Waals surface area contributed by atoms with Crippen molar-refractivity contribution in [3.63, 3.8) is 0 Å². The third-order valence-electron chi connectivity index (χ3n) is 5.20. The summed E-state index contributed by atoms with van der Waals surface area (Å²) in [6.45, 7) is 11.9. The molecule has 0 saturated heterocycles. The molecule has 1 rings (SSSR count). The van der Waals surface area contributed by atoms with E-state index >= 15 is 0 Å². The summed E-state index contributed by atoms with van der Waals surface area (Å²) in [5.74, 6) is 0.817. The van der Waals surface area contributed by atoms with Gasteiger partial charge in [-0.15, -0.1) is 0 Å². The molecule has 0 aliphatic rings. The predicted octanol–water partition coefficient (Wildman–Crippen LogP) is 5.37. The highest BCUT2D eigenvalue weighted by molar-refractivity contribution is 6.74. The van der Waals surface area contributed by atoms with Gasteiger partial charge >= 0.3 is 0 Å². The Morgan fingerprint density at radius 1 is 1.04 bits per heavy atom. The molecule has 26 heavy (non-hydrogen) atoms. The van der Waals surface area contributed by atoms with Crippen molar-refractivity contribution in [2.45, 2.75) is 57.5 Å². The summed E-state index contributed by atoms with van der Waals surface area (Å²) in [7, 11) is 3.39. The van der Waals surface area contributed by atoms with Gasteiger partial charge < -0.3 is 18.6 Å². The Kier molecular flexibility index (Phi) is 9.03. The second kappa shape index (κ2) is 10.3. The minimum Gasteiger partial charge on any atom is -0.497 e. The molecule has 0 bridgehead atoms. The van der Waals surface area contributed by atoms with Gasteiger partial charge in [0.15, 0.2) is 8.32 Å². The molecular weight excluding hydrogens is 344 g/mol. The summed E-state index contributed by atoms with van der Waals surface area (Å²) in [4.78, 5) is 0. The molecule has 0 aromatic heterocycles. The van der Waals surface area contributed by atoms with Gasteiger partial charge in [-0.25, -0.2) is 0 Å². The fraction of sp³-hybridized carbons (Fsp3) is 0.619.